The van der Waals surface area contributed by atoms with Crippen molar-refractivity contribution >= 4 is 5.91 Å². The van der Waals surface area contributed by atoms with Crippen molar-refractivity contribution in [2.45, 2.75) is 64.4 Å². The van der Waals surface area contributed by atoms with E-state index in [9.17, 15) is 9.90 Å². The molecular formula is C29H37NO3. The summed E-state index contributed by atoms with van der Waals surface area (Å²) in [5.74, 6) is 6.08. The molecule has 1 amide bonds. The minimum atomic E-state index is -0.489. The molecule has 1 aromatic rings. The molecule has 2 aliphatic carbocycles. The number of primary amides is 1. The van der Waals surface area contributed by atoms with E-state index in [0.717, 1.165) is 37.7 Å². The number of ether oxygens (including phenoxy) is 1. The van der Waals surface area contributed by atoms with Crippen LogP contribution < -0.4 is 5.73 Å². The summed E-state index contributed by atoms with van der Waals surface area (Å²) in [7, 11) is 0. The molecule has 0 saturated heterocycles. The lowest BCUT2D eigenvalue weighted by atomic mass is 9.63. The average molecular weight is 448 g/mol. The second kappa shape index (κ2) is 12.0. The van der Waals surface area contributed by atoms with Crippen LogP contribution in [0, 0.1) is 22.7 Å². The van der Waals surface area contributed by atoms with Crippen molar-refractivity contribution in [1.82, 2.24) is 0 Å². The van der Waals surface area contributed by atoms with Crippen molar-refractivity contribution in [3.63, 3.8) is 0 Å². The van der Waals surface area contributed by atoms with Crippen molar-refractivity contribution in [2.24, 2.45) is 16.6 Å². The zero-order chi connectivity index (χ0) is 23.6. The smallest absolute Gasteiger partial charge is 0.243 e. The topological polar surface area (TPSA) is 72.6 Å². The minimum absolute atomic E-state index is 0.0288. The average Bonchev–Trinajstić information content (AvgIpc) is 2.77. The number of carbonyl (C=O) groups excluding carboxylic acids is 1. The van der Waals surface area contributed by atoms with Gasteiger partial charge in [0.05, 0.1) is 12.7 Å². The summed E-state index contributed by atoms with van der Waals surface area (Å²) in [6.45, 7) is 2.61. The quantitative estimate of drug-likeness (QED) is 0.240. The van der Waals surface area contributed by atoms with Gasteiger partial charge in [-0.2, -0.15) is 0 Å². The van der Waals surface area contributed by atoms with Gasteiger partial charge in [-0.05, 0) is 44.2 Å². The fourth-order valence-electron chi connectivity index (χ4n) is 4.79. The lowest BCUT2D eigenvalue weighted by molar-refractivity contribution is -0.122. The van der Waals surface area contributed by atoms with Gasteiger partial charge in [-0.3, -0.25) is 4.79 Å². The molecule has 0 heterocycles. The van der Waals surface area contributed by atoms with Crippen LogP contribution in [0.4, 0.5) is 0 Å². The van der Waals surface area contributed by atoms with Crippen LogP contribution >= 0.6 is 0 Å². The SMILES string of the molecule is C[C@@]1(/C=C/C=C/[C@H](O)C2(CC#Cc3ccccc3)CCC2)CCCC/C1=C\COCC(N)=O. The Kier molecular flexibility index (Phi) is 9.11. The maximum Gasteiger partial charge on any atom is 0.243 e. The maximum absolute atomic E-state index is 10.9. The van der Waals surface area contributed by atoms with Crippen LogP contribution in [0.3, 0.4) is 0 Å². The number of carbonyl (C=O) groups is 1. The summed E-state index contributed by atoms with van der Waals surface area (Å²) in [6, 6.07) is 10.0. The van der Waals surface area contributed by atoms with Crippen LogP contribution in [0.1, 0.15) is 63.9 Å². The largest absolute Gasteiger partial charge is 0.388 e. The standard InChI is InChI=1S/C29H37NO3/c1-28(17-7-5-14-25(28)16-22-33-23-27(30)32)18-8-6-15-26(31)29(20-10-21-29)19-9-13-24-11-3-2-4-12-24/h2-4,6,8,11-12,15-16,18,26,31H,5,7,10,14,17,19-23H2,1H3,(H2,30,32)/b15-6+,18-8+,25-16+/t26-,28-/m0/s1. The Morgan fingerprint density at radius 1 is 1.18 bits per heavy atom. The predicted octanol–water partition coefficient (Wildman–Crippen LogP) is 5.08. The highest BCUT2D eigenvalue weighted by Gasteiger charge is 2.41. The third-order valence-corrected chi connectivity index (χ3v) is 7.11. The Labute approximate surface area is 198 Å². The normalized spacial score (nSPS) is 24.4. The van der Waals surface area contributed by atoms with Gasteiger partial charge < -0.3 is 15.6 Å². The van der Waals surface area contributed by atoms with E-state index in [4.69, 9.17) is 10.5 Å². The van der Waals surface area contributed by atoms with E-state index in [0.29, 0.717) is 13.0 Å². The highest BCUT2D eigenvalue weighted by atomic mass is 16.5. The first-order valence-electron chi connectivity index (χ1n) is 12.1. The summed E-state index contributed by atoms with van der Waals surface area (Å²) in [4.78, 5) is 10.9. The number of rotatable bonds is 9. The Bertz CT molecular complexity index is 931. The van der Waals surface area contributed by atoms with E-state index in [-0.39, 0.29) is 17.4 Å². The third kappa shape index (κ3) is 7.19. The first-order chi connectivity index (χ1) is 15.9. The Morgan fingerprint density at radius 3 is 2.67 bits per heavy atom. The summed E-state index contributed by atoms with van der Waals surface area (Å²) in [5, 5.41) is 10.9. The highest BCUT2D eigenvalue weighted by Crippen LogP contribution is 2.47. The molecule has 0 bridgehead atoms. The van der Waals surface area contributed by atoms with Gasteiger partial charge in [0, 0.05) is 22.8 Å². The zero-order valence-electron chi connectivity index (χ0n) is 19.8. The van der Waals surface area contributed by atoms with Crippen molar-refractivity contribution < 1.29 is 14.6 Å². The van der Waals surface area contributed by atoms with Crippen LogP contribution in [0.15, 0.2) is 66.3 Å². The Hall–Kier alpha value is -2.61. The molecule has 0 aromatic heterocycles. The molecule has 2 fully saturated rings. The third-order valence-electron chi connectivity index (χ3n) is 7.11. The number of hydrogen-bond donors (Lipinski definition) is 2. The first kappa shape index (κ1) is 25.0. The fourth-order valence-corrected chi connectivity index (χ4v) is 4.79. The number of aliphatic hydroxyl groups is 1. The molecule has 4 heteroatoms. The Balaban J connectivity index is 1.58. The summed E-state index contributed by atoms with van der Waals surface area (Å²) >= 11 is 0. The maximum atomic E-state index is 10.9. The predicted molar refractivity (Wildman–Crippen MR) is 133 cm³/mol. The van der Waals surface area contributed by atoms with E-state index in [2.05, 4.69) is 37.0 Å². The molecule has 2 saturated carbocycles. The molecule has 176 valence electrons. The number of benzene rings is 1. The molecule has 3 rings (SSSR count). The second-order valence-electron chi connectivity index (χ2n) is 9.58. The van der Waals surface area contributed by atoms with Gasteiger partial charge in [0.15, 0.2) is 0 Å². The van der Waals surface area contributed by atoms with Crippen molar-refractivity contribution in [3.05, 3.63) is 71.8 Å². The zero-order valence-corrected chi connectivity index (χ0v) is 19.8. The lowest BCUT2D eigenvalue weighted by Gasteiger charge is -2.43. The monoisotopic (exact) mass is 447 g/mol. The molecule has 0 aliphatic heterocycles. The molecule has 0 spiro atoms. The molecule has 4 nitrogen and oxygen atoms in total. The van der Waals surface area contributed by atoms with Crippen LogP contribution in [-0.2, 0) is 9.53 Å². The van der Waals surface area contributed by atoms with Crippen LogP contribution in [0.5, 0.6) is 0 Å². The van der Waals surface area contributed by atoms with E-state index < -0.39 is 12.0 Å². The Morgan fingerprint density at radius 2 is 1.97 bits per heavy atom. The number of aliphatic hydroxyl groups excluding tert-OH is 1. The van der Waals surface area contributed by atoms with Crippen molar-refractivity contribution in [1.29, 1.82) is 0 Å². The van der Waals surface area contributed by atoms with Gasteiger partial charge in [0.1, 0.15) is 6.61 Å². The molecule has 1 aromatic carbocycles. The second-order valence-corrected chi connectivity index (χ2v) is 9.58. The van der Waals surface area contributed by atoms with Gasteiger partial charge in [-0.1, -0.05) is 85.8 Å². The van der Waals surface area contributed by atoms with Gasteiger partial charge in [0.25, 0.3) is 0 Å². The van der Waals surface area contributed by atoms with Crippen molar-refractivity contribution in [2.75, 3.05) is 13.2 Å². The van der Waals surface area contributed by atoms with Crippen LogP contribution in [0.2, 0.25) is 0 Å². The summed E-state index contributed by atoms with van der Waals surface area (Å²) < 4.78 is 5.33. The van der Waals surface area contributed by atoms with Crippen molar-refractivity contribution in [3.8, 4) is 11.8 Å². The molecular weight excluding hydrogens is 410 g/mol. The molecule has 33 heavy (non-hydrogen) atoms. The van der Waals surface area contributed by atoms with Crippen LogP contribution in [0.25, 0.3) is 0 Å². The molecule has 0 unspecified atom stereocenters. The number of hydrogen-bond acceptors (Lipinski definition) is 3. The minimum Gasteiger partial charge on any atom is -0.388 e. The fraction of sp³-hybridized carbons (Fsp3) is 0.483. The number of amides is 1. The summed E-state index contributed by atoms with van der Waals surface area (Å²) in [5.41, 5.74) is 7.35. The highest BCUT2D eigenvalue weighted by molar-refractivity contribution is 5.74. The molecule has 2 atom stereocenters. The first-order valence-corrected chi connectivity index (χ1v) is 12.1. The molecule has 2 aliphatic rings. The van der Waals surface area contributed by atoms with E-state index in [1.165, 1.54) is 18.4 Å². The van der Waals surface area contributed by atoms with E-state index >= 15 is 0 Å². The van der Waals surface area contributed by atoms with Gasteiger partial charge in [0.2, 0.25) is 5.91 Å². The summed E-state index contributed by atoms with van der Waals surface area (Å²) in [6.07, 6.45) is 18.2. The molecule has 0 radical (unpaired) electrons. The number of nitrogens with two attached hydrogens (primary N) is 1. The van der Waals surface area contributed by atoms with Gasteiger partial charge >= 0.3 is 0 Å². The van der Waals surface area contributed by atoms with Gasteiger partial charge in [-0.15, -0.1) is 0 Å². The molecule has 3 N–H and O–H groups in total. The van der Waals surface area contributed by atoms with E-state index in [1.54, 1.807) is 0 Å². The van der Waals surface area contributed by atoms with Gasteiger partial charge in [-0.25, -0.2) is 0 Å². The lowest BCUT2D eigenvalue weighted by Crippen LogP contribution is -2.40. The van der Waals surface area contributed by atoms with E-state index in [1.807, 2.05) is 42.5 Å². The van der Waals surface area contributed by atoms with Crippen LogP contribution in [-0.4, -0.2) is 30.3 Å². The number of allylic oxidation sites excluding steroid dienone is 4.